The zero-order valence-electron chi connectivity index (χ0n) is 65.1. The molecule has 0 unspecified atom stereocenters. The van der Waals surface area contributed by atoms with Crippen LogP contribution in [0.1, 0.15) is 145 Å². The van der Waals surface area contributed by atoms with E-state index in [-0.39, 0.29) is 0 Å². The average molecular weight is 1340 g/mol. The second-order valence-electron chi connectivity index (χ2n) is 25.1. The van der Waals surface area contributed by atoms with E-state index >= 15 is 0 Å². The highest BCUT2D eigenvalue weighted by Gasteiger charge is 2.02. The molecule has 0 spiro atoms. The zero-order chi connectivity index (χ0) is 73.9. The lowest BCUT2D eigenvalue weighted by Crippen LogP contribution is -1.90. The van der Waals surface area contributed by atoms with Crippen molar-refractivity contribution < 1.29 is 0 Å². The van der Waals surface area contributed by atoms with Gasteiger partial charge in [-0.2, -0.15) is 30.6 Å². The van der Waals surface area contributed by atoms with Crippen molar-refractivity contribution in [3.63, 3.8) is 0 Å². The van der Waals surface area contributed by atoms with Crippen LogP contribution in [-0.4, -0.2) is 158 Å². The molecule has 8 aliphatic heterocycles. The smallest absolute Gasteiger partial charge is 0.0603 e. The van der Waals surface area contributed by atoms with Crippen molar-refractivity contribution in [2.24, 2.45) is 82.2 Å². The van der Waals surface area contributed by atoms with E-state index in [1.54, 1.807) is 31.1 Å². The molecule has 0 N–H and O–H groups in total. The summed E-state index contributed by atoms with van der Waals surface area (Å²) in [5.41, 5.74) is 27.6. The summed E-state index contributed by atoms with van der Waals surface area (Å²) in [4.78, 5) is 32.9. The van der Waals surface area contributed by atoms with Crippen molar-refractivity contribution in [1.82, 2.24) is 58.7 Å². The predicted octanol–water partition coefficient (Wildman–Crippen LogP) is 15.6. The fourth-order valence-electron chi connectivity index (χ4n) is 8.11. The minimum Gasteiger partial charge on any atom is -0.288 e. The van der Waals surface area contributed by atoms with Gasteiger partial charge in [0.25, 0.3) is 0 Å². The molecule has 14 rings (SSSR count). The molecule has 0 bridgehead atoms. The number of aryl methyl sites for hydroxylation is 12. The maximum Gasteiger partial charge on any atom is 0.0603 e. The Morgan fingerprint density at radius 2 is 0.643 bits per heavy atom. The first kappa shape index (κ1) is 86.6. The molecule has 0 atom stereocenters. The van der Waals surface area contributed by atoms with Gasteiger partial charge in [-0.15, -0.1) is 0 Å². The Morgan fingerprint density at radius 3 is 0.704 bits per heavy atom. The SMILES string of the molecule is CC1=C(C)CN=C1.CC1=C(C)CN=C1.CC1=CC(C)=NC1.CC1=CC(C)=NC1.CC1=CC(C)=NC1.CC1=CC(C)=NC1.CC1=CCN=C1C.CC1=CCN=C1C.Cc1ccn(C)n1.Cc1ccn(C)n1.Cc1ccnn1C.Cc1ccnn1C.Cc1cnn(C)c1.Cc1cnn(C)c1. The molecule has 6 aromatic rings. The maximum atomic E-state index is 4.14. The van der Waals surface area contributed by atoms with Crippen LogP contribution in [0.25, 0.3) is 0 Å². The highest BCUT2D eigenvalue weighted by Crippen LogP contribution is 2.09. The number of hydrogen-bond donors (Lipinski definition) is 0. The molecule has 0 fully saturated rings. The zero-order valence-corrected chi connectivity index (χ0v) is 65.1. The van der Waals surface area contributed by atoms with Gasteiger partial charge in [-0.05, 0) is 245 Å². The van der Waals surface area contributed by atoms with E-state index in [9.17, 15) is 0 Å². The largest absolute Gasteiger partial charge is 0.288 e. The summed E-state index contributed by atoms with van der Waals surface area (Å²) < 4.78 is 10.8. The lowest BCUT2D eigenvalue weighted by molar-refractivity contribution is 0.740. The van der Waals surface area contributed by atoms with Gasteiger partial charge in [-0.25, -0.2) is 0 Å². The molecular weight excluding hydrogens is 1220 g/mol. The van der Waals surface area contributed by atoms with Crippen molar-refractivity contribution in [3.05, 3.63) is 200 Å². The number of nitrogens with zero attached hydrogens (tertiary/aromatic N) is 20. The minimum absolute atomic E-state index is 0.900. The Morgan fingerprint density at radius 1 is 0.337 bits per heavy atom. The minimum atomic E-state index is 0.900. The van der Waals surface area contributed by atoms with Crippen molar-refractivity contribution in [3.8, 4) is 0 Å². The first-order valence-electron chi connectivity index (χ1n) is 33.3. The molecular formula is C78H120N20. The van der Waals surface area contributed by atoms with Crippen LogP contribution in [0.5, 0.6) is 0 Å². The Bertz CT molecular complexity index is 3360. The fourth-order valence-corrected chi connectivity index (χ4v) is 8.11. The van der Waals surface area contributed by atoms with Crippen molar-refractivity contribution >= 4 is 46.7 Å². The molecule has 20 heteroatoms. The number of rotatable bonds is 0. The van der Waals surface area contributed by atoms with Crippen LogP contribution in [0.15, 0.2) is 206 Å². The van der Waals surface area contributed by atoms with Gasteiger partial charge in [-0.3, -0.25) is 68.0 Å². The van der Waals surface area contributed by atoms with Crippen LogP contribution in [0.4, 0.5) is 0 Å². The van der Waals surface area contributed by atoms with E-state index in [2.05, 4.69) is 176 Å². The highest BCUT2D eigenvalue weighted by molar-refractivity contribution is 6.00. The van der Waals surface area contributed by atoms with Crippen LogP contribution < -0.4 is 0 Å². The normalized spacial score (nSPS) is 15.0. The molecule has 6 aromatic heterocycles. The molecule has 0 saturated heterocycles. The number of aliphatic imine (C=N–C) groups is 8. The van der Waals surface area contributed by atoms with Gasteiger partial charge in [0.1, 0.15) is 0 Å². The van der Waals surface area contributed by atoms with Crippen LogP contribution in [-0.2, 0) is 42.3 Å². The van der Waals surface area contributed by atoms with Gasteiger partial charge >= 0.3 is 0 Å². The summed E-state index contributed by atoms with van der Waals surface area (Å²) in [5, 5.41) is 23.8. The number of allylic oxidation sites excluding steroid dienone is 8. The van der Waals surface area contributed by atoms with Gasteiger partial charge in [0.15, 0.2) is 0 Å². The summed E-state index contributed by atoms with van der Waals surface area (Å²) >= 11 is 0. The highest BCUT2D eigenvalue weighted by atomic mass is 15.3. The van der Waals surface area contributed by atoms with Crippen molar-refractivity contribution in [2.45, 2.75) is 152 Å². The van der Waals surface area contributed by atoms with E-state index in [0.717, 1.165) is 86.6 Å². The fraction of sp³-hybridized carbons (Fsp3) is 0.462. The van der Waals surface area contributed by atoms with E-state index in [1.165, 1.54) is 89.7 Å². The summed E-state index contributed by atoms with van der Waals surface area (Å²) in [7, 11) is 11.5. The third-order valence-corrected chi connectivity index (χ3v) is 14.8. The Labute approximate surface area is 589 Å². The predicted molar refractivity (Wildman–Crippen MR) is 422 cm³/mol. The molecule has 532 valence electrons. The molecule has 0 radical (unpaired) electrons. The first-order valence-corrected chi connectivity index (χ1v) is 33.3. The molecule has 14 heterocycles. The van der Waals surface area contributed by atoms with Gasteiger partial charge in [-0.1, -0.05) is 34.4 Å². The molecule has 0 amide bonds. The van der Waals surface area contributed by atoms with Gasteiger partial charge in [0.05, 0.1) is 76.1 Å². The summed E-state index contributed by atoms with van der Waals surface area (Å²) in [6.45, 7) is 52.5. The standard InChI is InChI=1S/8C6H9N.6C5H8N2/c2*1-5-3-7-4-6(5)2;4*1-5-3-6(2)7-4-5;2*1-5-3-4-7-6(5)2;2*1-5-3-6-7(2)4-5;2*1-5-3-4-7(2)6-5;2*1-5-3-4-6-7(5)2/h8*3H,4H2,1-2H3;6*3-4H,1-2H3. The van der Waals surface area contributed by atoms with E-state index < -0.39 is 0 Å². The Balaban J connectivity index is 0.000000528. The van der Waals surface area contributed by atoms with Crippen molar-refractivity contribution in [1.29, 1.82) is 0 Å². The number of hydrogen-bond acceptors (Lipinski definition) is 14. The molecule has 0 aromatic carbocycles. The monoisotopic (exact) mass is 1340 g/mol. The van der Waals surface area contributed by atoms with Crippen molar-refractivity contribution in [2.75, 3.05) is 52.4 Å². The average Bonchev–Trinajstić information content (AvgIpc) is 3.33. The second kappa shape index (κ2) is 48.3. The summed E-state index contributed by atoms with van der Waals surface area (Å²) in [6.07, 6.45) is 31.6. The van der Waals surface area contributed by atoms with Crippen LogP contribution in [0.2, 0.25) is 0 Å². The van der Waals surface area contributed by atoms with Crippen LogP contribution >= 0.6 is 0 Å². The lowest BCUT2D eigenvalue weighted by Gasteiger charge is -1.87. The van der Waals surface area contributed by atoms with E-state index in [1.807, 2.05) is 209 Å². The first-order chi connectivity index (χ1) is 46.1. The molecule has 0 saturated carbocycles. The second-order valence-corrected chi connectivity index (χ2v) is 25.1. The maximum absolute atomic E-state index is 4.14. The molecule has 98 heavy (non-hydrogen) atoms. The summed E-state index contributed by atoms with van der Waals surface area (Å²) in [5.74, 6) is 0. The Kier molecular flexibility index (Phi) is 42.6. The van der Waals surface area contributed by atoms with Gasteiger partial charge in [0.2, 0.25) is 0 Å². The van der Waals surface area contributed by atoms with Gasteiger partial charge in [0, 0.05) is 138 Å². The molecule has 8 aliphatic rings. The molecule has 0 aliphatic carbocycles. The quantitative estimate of drug-likeness (QED) is 0.144. The molecule has 20 nitrogen and oxygen atoms in total. The summed E-state index contributed by atoms with van der Waals surface area (Å²) in [6, 6.07) is 7.89. The third-order valence-electron chi connectivity index (χ3n) is 14.8. The van der Waals surface area contributed by atoms with Gasteiger partial charge < -0.3 is 0 Å². The lowest BCUT2D eigenvalue weighted by atomic mass is 10.2. The van der Waals surface area contributed by atoms with E-state index in [0.29, 0.717) is 0 Å². The Hall–Kier alpha value is -9.46. The van der Waals surface area contributed by atoms with E-state index in [4.69, 9.17) is 0 Å². The topological polar surface area (TPSA) is 206 Å². The van der Waals surface area contributed by atoms with Crippen LogP contribution in [0, 0.1) is 41.5 Å². The number of aromatic nitrogens is 12. The third kappa shape index (κ3) is 42.2. The van der Waals surface area contributed by atoms with Crippen LogP contribution in [0.3, 0.4) is 0 Å².